The van der Waals surface area contributed by atoms with Gasteiger partial charge >= 0.3 is 0 Å². The average molecular weight is 325 g/mol. The lowest BCUT2D eigenvalue weighted by Gasteiger charge is -2.35. The zero-order chi connectivity index (χ0) is 15.4. The number of ether oxygens (including phenoxy) is 1. The Labute approximate surface area is 134 Å². The minimum Gasteiger partial charge on any atom is -0.394 e. The molecular formula is C15H23N3O3S. The second kappa shape index (κ2) is 7.50. The van der Waals surface area contributed by atoms with Gasteiger partial charge in [0.15, 0.2) is 0 Å². The molecule has 3 fully saturated rings. The van der Waals surface area contributed by atoms with Gasteiger partial charge in [-0.05, 0) is 12.8 Å². The molecule has 0 aliphatic carbocycles. The van der Waals surface area contributed by atoms with Gasteiger partial charge in [0.05, 0.1) is 43.5 Å². The predicted molar refractivity (Wildman–Crippen MR) is 83.5 cm³/mol. The smallest absolute Gasteiger partial charge is 0.227 e. The zero-order valence-corrected chi connectivity index (χ0v) is 13.5. The van der Waals surface area contributed by atoms with Gasteiger partial charge in [-0.25, -0.2) is 4.98 Å². The highest BCUT2D eigenvalue weighted by Gasteiger charge is 2.40. The zero-order valence-electron chi connectivity index (χ0n) is 12.7. The summed E-state index contributed by atoms with van der Waals surface area (Å²) in [7, 11) is 0. The summed E-state index contributed by atoms with van der Waals surface area (Å²) < 4.78 is 5.36. The highest BCUT2D eigenvalue weighted by molar-refractivity contribution is 7.07. The molecule has 22 heavy (non-hydrogen) atoms. The number of amides is 1. The lowest BCUT2D eigenvalue weighted by atomic mass is 9.94. The van der Waals surface area contributed by atoms with E-state index in [9.17, 15) is 4.79 Å². The molecule has 0 unspecified atom stereocenters. The van der Waals surface area contributed by atoms with Gasteiger partial charge in [-0.3, -0.25) is 9.69 Å². The Kier molecular flexibility index (Phi) is 5.41. The quantitative estimate of drug-likeness (QED) is 0.743. The summed E-state index contributed by atoms with van der Waals surface area (Å²) in [5, 5.41) is 10.8. The maximum atomic E-state index is 12.7. The summed E-state index contributed by atoms with van der Waals surface area (Å²) in [6.45, 7) is 4.25. The van der Waals surface area contributed by atoms with Crippen LogP contribution in [0.2, 0.25) is 0 Å². The summed E-state index contributed by atoms with van der Waals surface area (Å²) >= 11 is 1.57. The van der Waals surface area contributed by atoms with E-state index >= 15 is 0 Å². The largest absolute Gasteiger partial charge is 0.394 e. The first kappa shape index (κ1) is 15.9. The molecule has 1 N–H and O–H groups in total. The van der Waals surface area contributed by atoms with Crippen LogP contribution in [0.5, 0.6) is 0 Å². The molecule has 3 saturated heterocycles. The lowest BCUT2D eigenvalue weighted by Crippen LogP contribution is -2.47. The second-order valence-corrected chi connectivity index (χ2v) is 6.69. The number of carbonyl (C=O) groups is 1. The summed E-state index contributed by atoms with van der Waals surface area (Å²) in [5.41, 5.74) is 2.81. The van der Waals surface area contributed by atoms with Gasteiger partial charge in [-0.2, -0.15) is 0 Å². The van der Waals surface area contributed by atoms with E-state index in [0.717, 1.165) is 38.2 Å². The monoisotopic (exact) mass is 325 g/mol. The van der Waals surface area contributed by atoms with Crippen LogP contribution < -0.4 is 0 Å². The molecule has 1 amide bonds. The van der Waals surface area contributed by atoms with Crippen LogP contribution >= 0.6 is 11.3 Å². The molecule has 6 nitrogen and oxygen atoms in total. The molecule has 0 spiro atoms. The number of hydrogen-bond acceptors (Lipinski definition) is 6. The van der Waals surface area contributed by atoms with E-state index in [2.05, 4.69) is 9.88 Å². The van der Waals surface area contributed by atoms with Gasteiger partial charge in [-0.1, -0.05) is 0 Å². The van der Waals surface area contributed by atoms with Crippen LogP contribution in [0.4, 0.5) is 0 Å². The van der Waals surface area contributed by atoms with E-state index in [0.29, 0.717) is 19.8 Å². The van der Waals surface area contributed by atoms with Crippen molar-refractivity contribution in [1.29, 1.82) is 0 Å². The van der Waals surface area contributed by atoms with Gasteiger partial charge < -0.3 is 14.7 Å². The third-order valence-corrected chi connectivity index (χ3v) is 5.11. The normalized spacial score (nSPS) is 25.7. The number of thiazole rings is 1. The first-order chi connectivity index (χ1) is 10.8. The van der Waals surface area contributed by atoms with E-state index in [4.69, 9.17) is 9.84 Å². The van der Waals surface area contributed by atoms with Crippen LogP contribution in [-0.4, -0.2) is 71.3 Å². The molecule has 3 aliphatic heterocycles. The molecule has 2 atom stereocenters. The fraction of sp³-hybridized carbons (Fsp3) is 0.733. The number of aliphatic hydroxyl groups is 1. The fourth-order valence-corrected chi connectivity index (χ4v) is 3.92. The van der Waals surface area contributed by atoms with Crippen molar-refractivity contribution in [2.75, 3.05) is 39.5 Å². The van der Waals surface area contributed by atoms with Crippen LogP contribution in [0.3, 0.4) is 0 Å². The number of piperidine rings is 1. The number of rotatable bonds is 7. The maximum Gasteiger partial charge on any atom is 0.227 e. The first-order valence-electron chi connectivity index (χ1n) is 7.86. The van der Waals surface area contributed by atoms with Gasteiger partial charge in [-0.15, -0.1) is 11.3 Å². The third kappa shape index (κ3) is 3.65. The Morgan fingerprint density at radius 2 is 2.27 bits per heavy atom. The standard InChI is InChI=1S/C15H23N3O3S/c19-4-6-21-5-3-17-7-12-1-2-14(9-17)18(15(12)20)8-13-10-22-11-16-13/h10-12,14,19H,1-9H2/t12-,14+/m0/s1. The van der Waals surface area contributed by atoms with Gasteiger partial charge in [0, 0.05) is 31.1 Å². The van der Waals surface area contributed by atoms with Crippen molar-refractivity contribution in [2.45, 2.75) is 25.4 Å². The molecule has 1 aromatic rings. The lowest BCUT2D eigenvalue weighted by molar-refractivity contribution is -0.140. The van der Waals surface area contributed by atoms with E-state index in [1.807, 2.05) is 15.8 Å². The van der Waals surface area contributed by atoms with E-state index in [-0.39, 0.29) is 24.5 Å². The van der Waals surface area contributed by atoms with Crippen LogP contribution in [-0.2, 0) is 16.1 Å². The SMILES string of the molecule is O=C1[C@H]2CC[C@H](CN(CCOCCO)C2)N1Cc1cscn1. The Morgan fingerprint density at radius 1 is 1.36 bits per heavy atom. The predicted octanol–water partition coefficient (Wildman–Crippen LogP) is 0.575. The van der Waals surface area contributed by atoms with Crippen molar-refractivity contribution < 1.29 is 14.6 Å². The first-order valence-corrected chi connectivity index (χ1v) is 8.80. The average Bonchev–Trinajstić information content (AvgIpc) is 2.89. The van der Waals surface area contributed by atoms with Crippen molar-refractivity contribution in [2.24, 2.45) is 5.92 Å². The van der Waals surface area contributed by atoms with E-state index in [1.165, 1.54) is 0 Å². The molecule has 0 radical (unpaired) electrons. The van der Waals surface area contributed by atoms with Crippen molar-refractivity contribution in [3.05, 3.63) is 16.6 Å². The van der Waals surface area contributed by atoms with Gasteiger partial charge in [0.2, 0.25) is 5.91 Å². The molecule has 122 valence electrons. The van der Waals surface area contributed by atoms with Crippen LogP contribution in [0.1, 0.15) is 18.5 Å². The summed E-state index contributed by atoms with van der Waals surface area (Å²) in [5.74, 6) is 0.387. The van der Waals surface area contributed by atoms with Crippen molar-refractivity contribution in [3.63, 3.8) is 0 Å². The Morgan fingerprint density at radius 3 is 3.05 bits per heavy atom. The highest BCUT2D eigenvalue weighted by atomic mass is 32.1. The molecule has 0 aromatic carbocycles. The molecule has 0 saturated carbocycles. The van der Waals surface area contributed by atoms with Gasteiger partial charge in [0.25, 0.3) is 0 Å². The van der Waals surface area contributed by atoms with Crippen LogP contribution in [0.15, 0.2) is 10.9 Å². The Bertz CT molecular complexity index is 482. The summed E-state index contributed by atoms with van der Waals surface area (Å²) in [4.78, 5) is 21.3. The summed E-state index contributed by atoms with van der Waals surface area (Å²) in [6.07, 6.45) is 2.07. The maximum absolute atomic E-state index is 12.7. The Hall–Kier alpha value is -1.02. The number of carbonyl (C=O) groups excluding carboxylic acids is 1. The number of aromatic nitrogens is 1. The van der Waals surface area contributed by atoms with Gasteiger partial charge in [0.1, 0.15) is 0 Å². The number of nitrogens with zero attached hydrogens (tertiary/aromatic N) is 3. The molecular weight excluding hydrogens is 302 g/mol. The second-order valence-electron chi connectivity index (χ2n) is 5.97. The molecule has 4 heterocycles. The highest BCUT2D eigenvalue weighted by Crippen LogP contribution is 2.30. The molecule has 1 aromatic heterocycles. The third-order valence-electron chi connectivity index (χ3n) is 4.47. The topological polar surface area (TPSA) is 65.9 Å². The van der Waals surface area contributed by atoms with Crippen LogP contribution in [0, 0.1) is 5.92 Å². The molecule has 4 rings (SSSR count). The number of hydrogen-bond donors (Lipinski definition) is 1. The van der Waals surface area contributed by atoms with Crippen LogP contribution in [0.25, 0.3) is 0 Å². The Balaban J connectivity index is 1.60. The molecule has 7 heteroatoms. The minimum atomic E-state index is 0.0607. The fourth-order valence-electron chi connectivity index (χ4n) is 3.37. The van der Waals surface area contributed by atoms with Crippen molar-refractivity contribution >= 4 is 17.2 Å². The molecule has 3 aliphatic rings. The van der Waals surface area contributed by atoms with E-state index < -0.39 is 0 Å². The van der Waals surface area contributed by atoms with Crippen molar-refractivity contribution in [1.82, 2.24) is 14.8 Å². The number of fused-ring (bicyclic) bond motifs is 4. The van der Waals surface area contributed by atoms with Crippen molar-refractivity contribution in [3.8, 4) is 0 Å². The number of aliphatic hydroxyl groups excluding tert-OH is 1. The summed E-state index contributed by atoms with van der Waals surface area (Å²) in [6, 6.07) is 0.283. The minimum absolute atomic E-state index is 0.0607. The van der Waals surface area contributed by atoms with E-state index in [1.54, 1.807) is 11.3 Å². The molecule has 2 bridgehead atoms.